The monoisotopic (exact) mass is 307 g/mol. The Hall–Kier alpha value is -2.94. The van der Waals surface area contributed by atoms with Crippen LogP contribution in [-0.2, 0) is 19.4 Å². The molecule has 0 N–H and O–H groups in total. The van der Waals surface area contributed by atoms with E-state index in [0.29, 0.717) is 18.7 Å². The third-order valence-corrected chi connectivity index (χ3v) is 3.93. The summed E-state index contributed by atoms with van der Waals surface area (Å²) in [5.41, 5.74) is 4.27. The van der Waals surface area contributed by atoms with Crippen LogP contribution >= 0.6 is 0 Å². The van der Waals surface area contributed by atoms with Gasteiger partial charge in [-0.15, -0.1) is 5.10 Å². The molecule has 1 aromatic carbocycles. The highest BCUT2D eigenvalue weighted by Gasteiger charge is 2.16. The SMILES string of the molecule is Cc1noc(C)c1Cn1nnc(C#N)c1CCc1ccccc1. The number of benzene rings is 1. The van der Waals surface area contributed by atoms with Crippen molar-refractivity contribution < 1.29 is 4.52 Å². The zero-order valence-electron chi connectivity index (χ0n) is 13.2. The molecule has 2 aromatic heterocycles. The molecule has 0 spiro atoms. The molecule has 0 radical (unpaired) electrons. The van der Waals surface area contributed by atoms with E-state index in [0.717, 1.165) is 29.1 Å². The van der Waals surface area contributed by atoms with Crippen LogP contribution in [0.25, 0.3) is 0 Å². The van der Waals surface area contributed by atoms with Gasteiger partial charge in [0.2, 0.25) is 0 Å². The minimum Gasteiger partial charge on any atom is -0.361 e. The van der Waals surface area contributed by atoms with Gasteiger partial charge in [-0.3, -0.25) is 0 Å². The van der Waals surface area contributed by atoms with Gasteiger partial charge < -0.3 is 4.52 Å². The van der Waals surface area contributed by atoms with Crippen LogP contribution in [-0.4, -0.2) is 20.2 Å². The minimum absolute atomic E-state index is 0.382. The van der Waals surface area contributed by atoms with E-state index in [2.05, 4.69) is 33.7 Å². The summed E-state index contributed by atoms with van der Waals surface area (Å²) in [5, 5.41) is 21.3. The number of aryl methyl sites for hydroxylation is 3. The summed E-state index contributed by atoms with van der Waals surface area (Å²) in [6, 6.07) is 12.3. The molecule has 116 valence electrons. The molecule has 0 amide bonds. The van der Waals surface area contributed by atoms with E-state index in [9.17, 15) is 5.26 Å². The number of nitriles is 1. The third-order valence-electron chi connectivity index (χ3n) is 3.93. The zero-order valence-corrected chi connectivity index (χ0v) is 13.2. The van der Waals surface area contributed by atoms with E-state index in [4.69, 9.17) is 4.52 Å². The smallest absolute Gasteiger partial charge is 0.185 e. The van der Waals surface area contributed by atoms with Crippen LogP contribution in [0.15, 0.2) is 34.9 Å². The van der Waals surface area contributed by atoms with Crippen LogP contribution in [0.2, 0.25) is 0 Å². The Morgan fingerprint density at radius 1 is 1.17 bits per heavy atom. The fraction of sp³-hybridized carbons (Fsp3) is 0.294. The molecular formula is C17H17N5O. The van der Waals surface area contributed by atoms with Gasteiger partial charge in [-0.25, -0.2) is 4.68 Å². The van der Waals surface area contributed by atoms with Crippen LogP contribution in [0, 0.1) is 25.2 Å². The predicted octanol–water partition coefficient (Wildman–Crippen LogP) is 2.59. The van der Waals surface area contributed by atoms with Crippen molar-refractivity contribution in [2.45, 2.75) is 33.2 Å². The maximum Gasteiger partial charge on any atom is 0.185 e. The quantitative estimate of drug-likeness (QED) is 0.723. The molecule has 3 aromatic rings. The van der Waals surface area contributed by atoms with Crippen molar-refractivity contribution in [1.29, 1.82) is 5.26 Å². The zero-order chi connectivity index (χ0) is 16.2. The highest BCUT2D eigenvalue weighted by atomic mass is 16.5. The molecule has 0 atom stereocenters. The normalized spacial score (nSPS) is 10.7. The van der Waals surface area contributed by atoms with E-state index in [1.165, 1.54) is 5.56 Å². The van der Waals surface area contributed by atoms with Crippen molar-refractivity contribution in [2.75, 3.05) is 0 Å². The summed E-state index contributed by atoms with van der Waals surface area (Å²) in [4.78, 5) is 0. The number of nitrogens with zero attached hydrogens (tertiary/aromatic N) is 5. The topological polar surface area (TPSA) is 80.5 Å². The van der Waals surface area contributed by atoms with E-state index >= 15 is 0 Å². The predicted molar refractivity (Wildman–Crippen MR) is 83.7 cm³/mol. The summed E-state index contributed by atoms with van der Waals surface area (Å²) in [6.07, 6.45) is 1.55. The Balaban J connectivity index is 1.84. The Kier molecular flexibility index (Phi) is 4.20. The van der Waals surface area contributed by atoms with Crippen molar-refractivity contribution in [3.8, 4) is 6.07 Å². The van der Waals surface area contributed by atoms with E-state index in [1.807, 2.05) is 32.0 Å². The van der Waals surface area contributed by atoms with Crippen LogP contribution < -0.4 is 0 Å². The molecule has 2 heterocycles. The van der Waals surface area contributed by atoms with E-state index < -0.39 is 0 Å². The van der Waals surface area contributed by atoms with Crippen LogP contribution in [0.3, 0.4) is 0 Å². The van der Waals surface area contributed by atoms with Crippen molar-refractivity contribution >= 4 is 0 Å². The average Bonchev–Trinajstić information content (AvgIpc) is 3.11. The molecule has 0 bridgehead atoms. The number of hydrogen-bond donors (Lipinski definition) is 0. The lowest BCUT2D eigenvalue weighted by molar-refractivity contribution is 0.391. The first-order valence-electron chi connectivity index (χ1n) is 7.47. The van der Waals surface area contributed by atoms with Crippen molar-refractivity contribution in [2.24, 2.45) is 0 Å². The number of hydrogen-bond acceptors (Lipinski definition) is 5. The Labute approximate surface area is 134 Å². The standard InChI is InChI=1S/C17H17N5O/c1-12-15(13(2)23-20-12)11-22-17(16(10-18)19-21-22)9-8-14-6-4-3-5-7-14/h3-7H,8-9,11H2,1-2H3. The molecule has 0 saturated carbocycles. The second-order valence-corrected chi connectivity index (χ2v) is 5.44. The summed E-state index contributed by atoms with van der Waals surface area (Å²) < 4.78 is 6.97. The lowest BCUT2D eigenvalue weighted by Gasteiger charge is -2.06. The fourth-order valence-electron chi connectivity index (χ4n) is 2.58. The van der Waals surface area contributed by atoms with Gasteiger partial charge >= 0.3 is 0 Å². The van der Waals surface area contributed by atoms with E-state index in [1.54, 1.807) is 4.68 Å². The summed E-state index contributed by atoms with van der Waals surface area (Å²) >= 11 is 0. The summed E-state index contributed by atoms with van der Waals surface area (Å²) in [5.74, 6) is 0.769. The van der Waals surface area contributed by atoms with Gasteiger partial charge in [-0.2, -0.15) is 5.26 Å². The molecule has 0 fully saturated rings. The first-order chi connectivity index (χ1) is 11.2. The van der Waals surface area contributed by atoms with Crippen LogP contribution in [0.4, 0.5) is 0 Å². The summed E-state index contributed by atoms with van der Waals surface area (Å²) in [7, 11) is 0. The fourth-order valence-corrected chi connectivity index (χ4v) is 2.58. The lowest BCUT2D eigenvalue weighted by atomic mass is 10.1. The Bertz CT molecular complexity index is 822. The van der Waals surface area contributed by atoms with Gasteiger partial charge in [0, 0.05) is 5.56 Å². The number of aromatic nitrogens is 4. The first kappa shape index (κ1) is 15.0. The molecule has 6 nitrogen and oxygen atoms in total. The maximum atomic E-state index is 9.27. The average molecular weight is 307 g/mol. The largest absolute Gasteiger partial charge is 0.361 e. The molecular weight excluding hydrogens is 290 g/mol. The Morgan fingerprint density at radius 2 is 1.96 bits per heavy atom. The molecule has 6 heteroatoms. The molecule has 0 aliphatic rings. The van der Waals surface area contributed by atoms with Crippen LogP contribution in [0.5, 0.6) is 0 Å². The van der Waals surface area contributed by atoms with Gasteiger partial charge in [0.25, 0.3) is 0 Å². The molecule has 3 rings (SSSR count). The van der Waals surface area contributed by atoms with Gasteiger partial charge in [0.15, 0.2) is 5.69 Å². The third kappa shape index (κ3) is 3.14. The van der Waals surface area contributed by atoms with E-state index in [-0.39, 0.29) is 0 Å². The second kappa shape index (κ2) is 6.44. The lowest BCUT2D eigenvalue weighted by Crippen LogP contribution is -2.09. The number of rotatable bonds is 5. The molecule has 0 saturated heterocycles. The van der Waals surface area contributed by atoms with Gasteiger partial charge in [-0.1, -0.05) is 40.7 Å². The molecule has 0 aliphatic carbocycles. The molecule has 0 aliphatic heterocycles. The first-order valence-corrected chi connectivity index (χ1v) is 7.47. The minimum atomic E-state index is 0.382. The van der Waals surface area contributed by atoms with Crippen molar-refractivity contribution in [1.82, 2.24) is 20.2 Å². The molecule has 0 unspecified atom stereocenters. The maximum absolute atomic E-state index is 9.27. The van der Waals surface area contributed by atoms with Gasteiger partial charge in [0.05, 0.1) is 17.9 Å². The van der Waals surface area contributed by atoms with Crippen LogP contribution in [0.1, 0.15) is 34.0 Å². The van der Waals surface area contributed by atoms with Crippen molar-refractivity contribution in [3.05, 3.63) is 64.3 Å². The highest BCUT2D eigenvalue weighted by molar-refractivity contribution is 5.28. The highest BCUT2D eigenvalue weighted by Crippen LogP contribution is 2.17. The van der Waals surface area contributed by atoms with Gasteiger partial charge in [0.1, 0.15) is 11.8 Å². The Morgan fingerprint density at radius 3 is 2.61 bits per heavy atom. The van der Waals surface area contributed by atoms with Gasteiger partial charge in [-0.05, 0) is 32.3 Å². The molecule has 23 heavy (non-hydrogen) atoms. The summed E-state index contributed by atoms with van der Waals surface area (Å²) in [6.45, 7) is 4.29. The van der Waals surface area contributed by atoms with Crippen molar-refractivity contribution in [3.63, 3.8) is 0 Å². The second-order valence-electron chi connectivity index (χ2n) is 5.44.